The van der Waals surface area contributed by atoms with Gasteiger partial charge in [-0.05, 0) is 37.6 Å². The summed E-state index contributed by atoms with van der Waals surface area (Å²) >= 11 is 5.63. The average molecular weight is 240 g/mol. The largest absolute Gasteiger partial charge is 0.286 e. The summed E-state index contributed by atoms with van der Waals surface area (Å²) in [4.78, 5) is 13.4. The first kappa shape index (κ1) is 13.2. The molecule has 88 valence electrons. The summed E-state index contributed by atoms with van der Waals surface area (Å²) in [5, 5.41) is -0.315. The molecule has 0 amide bonds. The van der Waals surface area contributed by atoms with Crippen LogP contribution in [0.5, 0.6) is 0 Å². The molecule has 1 aromatic carbocycles. The maximum atomic E-state index is 11.4. The molecule has 0 saturated carbocycles. The topological polar surface area (TPSA) is 20.3 Å². The Labute approximate surface area is 102 Å². The maximum Gasteiger partial charge on any atom is 0.241 e. The van der Waals surface area contributed by atoms with Crippen LogP contribution in [-0.4, -0.2) is 22.2 Å². The first-order valence-electron chi connectivity index (χ1n) is 5.47. The fraction of sp³-hybridized carbons (Fsp3) is 0.462. The normalized spacial score (nSPS) is 11.8. The van der Waals surface area contributed by atoms with Crippen molar-refractivity contribution in [2.45, 2.75) is 32.9 Å². The Morgan fingerprint density at radius 3 is 2.31 bits per heavy atom. The van der Waals surface area contributed by atoms with Crippen LogP contribution in [-0.2, 0) is 11.3 Å². The molecule has 0 saturated heterocycles. The van der Waals surface area contributed by atoms with E-state index in [-0.39, 0.29) is 5.24 Å². The van der Waals surface area contributed by atoms with Gasteiger partial charge in [0, 0.05) is 6.54 Å². The van der Waals surface area contributed by atoms with Gasteiger partial charge in [0.25, 0.3) is 0 Å². The van der Waals surface area contributed by atoms with Gasteiger partial charge in [0.2, 0.25) is 5.24 Å². The third kappa shape index (κ3) is 3.06. The highest BCUT2D eigenvalue weighted by Gasteiger charge is 2.32. The number of halogens is 1. The summed E-state index contributed by atoms with van der Waals surface area (Å²) < 4.78 is 0. The number of hydrogen-bond acceptors (Lipinski definition) is 2. The van der Waals surface area contributed by atoms with Crippen LogP contribution in [0.15, 0.2) is 30.3 Å². The third-order valence-electron chi connectivity index (χ3n) is 2.87. The third-order valence-corrected chi connectivity index (χ3v) is 3.33. The molecule has 0 unspecified atom stereocenters. The van der Waals surface area contributed by atoms with Gasteiger partial charge < -0.3 is 0 Å². The zero-order valence-electron chi connectivity index (χ0n) is 10.0. The Hall–Kier alpha value is -0.860. The van der Waals surface area contributed by atoms with Crippen LogP contribution in [0.25, 0.3) is 0 Å². The van der Waals surface area contributed by atoms with Crippen LogP contribution in [0.4, 0.5) is 0 Å². The minimum absolute atomic E-state index is 0.315. The fourth-order valence-electron chi connectivity index (χ4n) is 1.63. The maximum absolute atomic E-state index is 11.4. The van der Waals surface area contributed by atoms with E-state index >= 15 is 0 Å². The van der Waals surface area contributed by atoms with Crippen LogP contribution in [0.2, 0.25) is 0 Å². The molecule has 0 bridgehead atoms. The Morgan fingerprint density at radius 2 is 1.88 bits per heavy atom. The predicted octanol–water partition coefficient (Wildman–Crippen LogP) is 3.05. The molecule has 1 rings (SSSR count). The van der Waals surface area contributed by atoms with Crippen molar-refractivity contribution in [2.75, 3.05) is 6.54 Å². The second kappa shape index (κ2) is 5.46. The number of carbonyl (C=O) groups excluding carboxylic acids is 1. The van der Waals surface area contributed by atoms with Crippen molar-refractivity contribution in [1.82, 2.24) is 4.90 Å². The van der Waals surface area contributed by atoms with Gasteiger partial charge in [-0.1, -0.05) is 37.3 Å². The fourth-order valence-corrected chi connectivity index (χ4v) is 1.75. The van der Waals surface area contributed by atoms with Gasteiger partial charge >= 0.3 is 0 Å². The predicted molar refractivity (Wildman–Crippen MR) is 67.5 cm³/mol. The van der Waals surface area contributed by atoms with Gasteiger partial charge in [0.05, 0.1) is 5.54 Å². The first-order valence-corrected chi connectivity index (χ1v) is 5.85. The summed E-state index contributed by atoms with van der Waals surface area (Å²) in [6.45, 7) is 7.28. The molecule has 16 heavy (non-hydrogen) atoms. The van der Waals surface area contributed by atoms with Crippen molar-refractivity contribution in [3.63, 3.8) is 0 Å². The Bertz CT molecular complexity index is 348. The minimum Gasteiger partial charge on any atom is -0.286 e. The molecule has 0 heterocycles. The number of benzene rings is 1. The summed E-state index contributed by atoms with van der Waals surface area (Å²) in [5.41, 5.74) is 0.571. The van der Waals surface area contributed by atoms with Crippen molar-refractivity contribution in [3.8, 4) is 0 Å². The highest BCUT2D eigenvalue weighted by atomic mass is 35.5. The lowest BCUT2D eigenvalue weighted by Gasteiger charge is -2.34. The molecular formula is C13H18ClNO. The summed E-state index contributed by atoms with van der Waals surface area (Å²) in [5.74, 6) is 0. The van der Waals surface area contributed by atoms with Gasteiger partial charge in [0.1, 0.15) is 0 Å². The van der Waals surface area contributed by atoms with Crippen molar-refractivity contribution >= 4 is 16.8 Å². The van der Waals surface area contributed by atoms with Gasteiger partial charge in [-0.3, -0.25) is 9.69 Å². The highest BCUT2D eigenvalue weighted by molar-refractivity contribution is 6.65. The molecule has 0 N–H and O–H groups in total. The average Bonchev–Trinajstić information content (AvgIpc) is 2.26. The monoisotopic (exact) mass is 239 g/mol. The van der Waals surface area contributed by atoms with E-state index in [1.807, 2.05) is 39.0 Å². The van der Waals surface area contributed by atoms with E-state index in [9.17, 15) is 4.79 Å². The van der Waals surface area contributed by atoms with E-state index in [4.69, 9.17) is 11.6 Å². The second-order valence-corrected chi connectivity index (χ2v) is 4.68. The summed E-state index contributed by atoms with van der Waals surface area (Å²) in [6.07, 6.45) is 0. The van der Waals surface area contributed by atoms with Gasteiger partial charge in [-0.15, -0.1) is 0 Å². The van der Waals surface area contributed by atoms with Crippen LogP contribution < -0.4 is 0 Å². The molecule has 3 heteroatoms. The van der Waals surface area contributed by atoms with Crippen LogP contribution in [0, 0.1) is 0 Å². The lowest BCUT2D eigenvalue weighted by atomic mass is 10.0. The van der Waals surface area contributed by atoms with E-state index in [0.717, 1.165) is 13.1 Å². The summed E-state index contributed by atoms with van der Waals surface area (Å²) in [7, 11) is 0. The smallest absolute Gasteiger partial charge is 0.241 e. The Kier molecular flexibility index (Phi) is 4.51. The van der Waals surface area contributed by atoms with Crippen LogP contribution in [0.3, 0.4) is 0 Å². The van der Waals surface area contributed by atoms with Crippen molar-refractivity contribution in [2.24, 2.45) is 0 Å². The number of likely N-dealkylation sites (N-methyl/N-ethyl adjacent to an activating group) is 1. The van der Waals surface area contributed by atoms with E-state index < -0.39 is 5.54 Å². The molecular weight excluding hydrogens is 222 g/mol. The number of carbonyl (C=O) groups is 1. The van der Waals surface area contributed by atoms with E-state index in [2.05, 4.69) is 17.0 Å². The summed E-state index contributed by atoms with van der Waals surface area (Å²) in [6, 6.07) is 10.1. The number of hydrogen-bond donors (Lipinski definition) is 0. The molecule has 0 aromatic heterocycles. The van der Waals surface area contributed by atoms with E-state index in [1.165, 1.54) is 5.56 Å². The number of nitrogens with zero attached hydrogens (tertiary/aromatic N) is 1. The standard InChI is InChI=1S/C13H18ClNO/c1-4-15(13(2,3)12(14)16)10-11-8-6-5-7-9-11/h5-9H,4,10H2,1-3H3. The quantitative estimate of drug-likeness (QED) is 0.737. The molecule has 2 nitrogen and oxygen atoms in total. The minimum atomic E-state index is -0.619. The first-order chi connectivity index (χ1) is 7.48. The van der Waals surface area contributed by atoms with Gasteiger partial charge in [-0.25, -0.2) is 0 Å². The van der Waals surface area contributed by atoms with Crippen molar-refractivity contribution in [3.05, 3.63) is 35.9 Å². The zero-order chi connectivity index (χ0) is 12.2. The molecule has 1 aromatic rings. The Morgan fingerprint density at radius 1 is 1.31 bits per heavy atom. The second-order valence-electron chi connectivity index (χ2n) is 4.33. The molecule has 0 spiro atoms. The van der Waals surface area contributed by atoms with Gasteiger partial charge in [-0.2, -0.15) is 0 Å². The Balaban J connectivity index is 2.81. The van der Waals surface area contributed by atoms with Crippen LogP contribution >= 0.6 is 11.6 Å². The number of rotatable bonds is 5. The van der Waals surface area contributed by atoms with E-state index in [0.29, 0.717) is 0 Å². The lowest BCUT2D eigenvalue weighted by Crippen LogP contribution is -2.47. The van der Waals surface area contributed by atoms with Crippen molar-refractivity contribution in [1.29, 1.82) is 0 Å². The van der Waals surface area contributed by atoms with Crippen LogP contribution in [0.1, 0.15) is 26.3 Å². The zero-order valence-corrected chi connectivity index (χ0v) is 10.8. The van der Waals surface area contributed by atoms with Crippen molar-refractivity contribution < 1.29 is 4.79 Å². The lowest BCUT2D eigenvalue weighted by molar-refractivity contribution is -0.121. The molecule has 0 fully saturated rings. The molecule has 0 aliphatic rings. The molecule has 0 aliphatic carbocycles. The SMILES string of the molecule is CCN(Cc1ccccc1)C(C)(C)C(=O)Cl. The van der Waals surface area contributed by atoms with Gasteiger partial charge in [0.15, 0.2) is 0 Å². The molecule has 0 radical (unpaired) electrons. The molecule has 0 atom stereocenters. The highest BCUT2D eigenvalue weighted by Crippen LogP contribution is 2.20. The van der Waals surface area contributed by atoms with E-state index in [1.54, 1.807) is 0 Å². The molecule has 0 aliphatic heterocycles.